The van der Waals surface area contributed by atoms with E-state index in [2.05, 4.69) is 35.9 Å². The lowest BCUT2D eigenvalue weighted by molar-refractivity contribution is 0.0957. The average molecular weight is 393 g/mol. The highest BCUT2D eigenvalue weighted by atomic mass is 16.4. The molecule has 1 amide bonds. The van der Waals surface area contributed by atoms with Crippen molar-refractivity contribution in [2.24, 2.45) is 5.92 Å². The van der Waals surface area contributed by atoms with Crippen LogP contribution in [0.4, 0.5) is 0 Å². The van der Waals surface area contributed by atoms with Crippen molar-refractivity contribution < 1.29 is 9.21 Å². The molecule has 0 aliphatic heterocycles. The van der Waals surface area contributed by atoms with Crippen molar-refractivity contribution in [3.8, 4) is 17.3 Å². The van der Waals surface area contributed by atoms with Crippen LogP contribution in [-0.4, -0.2) is 32.4 Å². The molecule has 0 saturated heterocycles. The minimum Gasteiger partial charge on any atom is -0.420 e. The predicted octanol–water partition coefficient (Wildman–Crippen LogP) is 4.13. The van der Waals surface area contributed by atoms with Crippen LogP contribution in [0.3, 0.4) is 0 Å². The van der Waals surface area contributed by atoms with Gasteiger partial charge in [-0.2, -0.15) is 5.10 Å². The van der Waals surface area contributed by atoms with E-state index >= 15 is 0 Å². The van der Waals surface area contributed by atoms with Crippen LogP contribution in [0.1, 0.15) is 49.1 Å². The molecule has 29 heavy (non-hydrogen) atoms. The molecule has 2 heterocycles. The number of aromatic nitrogens is 4. The van der Waals surface area contributed by atoms with E-state index in [-0.39, 0.29) is 5.91 Å². The molecule has 3 rings (SSSR count). The Morgan fingerprint density at radius 3 is 2.72 bits per heavy atom. The Morgan fingerprint density at radius 1 is 1.28 bits per heavy atom. The number of hydrogen-bond donors (Lipinski definition) is 1. The molecular formula is C22H27N5O2. The maximum absolute atomic E-state index is 12.4. The first-order chi connectivity index (χ1) is 13.8. The second-order valence-corrected chi connectivity index (χ2v) is 7.68. The maximum Gasteiger partial charge on any atom is 0.268 e. The van der Waals surface area contributed by atoms with E-state index in [0.717, 1.165) is 29.8 Å². The molecule has 2 aromatic heterocycles. The van der Waals surface area contributed by atoms with Crippen molar-refractivity contribution in [1.29, 1.82) is 0 Å². The van der Waals surface area contributed by atoms with Gasteiger partial charge in [-0.05, 0) is 49.9 Å². The predicted molar refractivity (Wildman–Crippen MR) is 112 cm³/mol. The molecule has 7 heteroatoms. The molecule has 7 nitrogen and oxygen atoms in total. The molecule has 0 fully saturated rings. The minimum absolute atomic E-state index is 0.140. The molecule has 0 bridgehead atoms. The summed E-state index contributed by atoms with van der Waals surface area (Å²) in [7, 11) is 0. The number of hydrogen-bond acceptors (Lipinski definition) is 5. The van der Waals surface area contributed by atoms with Gasteiger partial charge in [0.25, 0.3) is 11.8 Å². The summed E-state index contributed by atoms with van der Waals surface area (Å²) in [6, 6.07) is 9.39. The lowest BCUT2D eigenvalue weighted by atomic mass is 10.1. The van der Waals surface area contributed by atoms with Crippen LogP contribution < -0.4 is 5.32 Å². The monoisotopic (exact) mass is 393 g/mol. The molecule has 0 spiro atoms. The lowest BCUT2D eigenvalue weighted by Crippen LogP contribution is -2.25. The fraction of sp³-hybridized carbons (Fsp3) is 0.364. The number of benzene rings is 1. The summed E-state index contributed by atoms with van der Waals surface area (Å²) in [5.41, 5.74) is 3.95. The summed E-state index contributed by atoms with van der Waals surface area (Å²) in [6.45, 7) is 12.3. The van der Waals surface area contributed by atoms with Crippen molar-refractivity contribution in [2.75, 3.05) is 6.54 Å². The van der Waals surface area contributed by atoms with Gasteiger partial charge in [0.05, 0.1) is 5.69 Å². The standard InChI is InChI=1S/C22H27N5O2/c1-14(2)9-10-19-12-20(22-25-24-16(5)29-22)26-27(19)18-8-6-7-17(11-18)21(28)23-13-15(3)4/h6-8,11-12,14H,3,9-10,13H2,1-2,4-5H3,(H,23,28). The average Bonchev–Trinajstić information content (AvgIpc) is 3.30. The SMILES string of the molecule is C=C(C)CNC(=O)c1cccc(-n2nc(-c3nnc(C)o3)cc2CCC(C)C)c1. The van der Waals surface area contributed by atoms with Crippen molar-refractivity contribution in [3.63, 3.8) is 0 Å². The Morgan fingerprint density at radius 2 is 2.07 bits per heavy atom. The third-order valence-electron chi connectivity index (χ3n) is 4.41. The zero-order chi connectivity index (χ0) is 21.0. The molecule has 3 aromatic rings. The molecule has 1 N–H and O–H groups in total. The van der Waals surface area contributed by atoms with Crippen LogP contribution in [-0.2, 0) is 6.42 Å². The molecule has 0 saturated carbocycles. The first-order valence-electron chi connectivity index (χ1n) is 9.76. The van der Waals surface area contributed by atoms with Crippen LogP contribution in [0.25, 0.3) is 17.3 Å². The number of nitrogens with one attached hydrogen (secondary N) is 1. The molecule has 0 unspecified atom stereocenters. The summed E-state index contributed by atoms with van der Waals surface area (Å²) >= 11 is 0. The first kappa shape index (κ1) is 20.5. The van der Waals surface area contributed by atoms with Crippen LogP contribution in [0, 0.1) is 12.8 Å². The second kappa shape index (κ2) is 8.86. The molecular weight excluding hydrogens is 366 g/mol. The molecule has 0 aliphatic carbocycles. The van der Waals surface area contributed by atoms with Crippen LogP contribution in [0.15, 0.2) is 46.9 Å². The number of amides is 1. The third kappa shape index (κ3) is 5.19. The fourth-order valence-corrected chi connectivity index (χ4v) is 2.87. The Kier molecular flexibility index (Phi) is 6.26. The smallest absolute Gasteiger partial charge is 0.268 e. The van der Waals surface area contributed by atoms with E-state index in [1.807, 2.05) is 35.9 Å². The van der Waals surface area contributed by atoms with Gasteiger partial charge in [0.15, 0.2) is 0 Å². The van der Waals surface area contributed by atoms with E-state index in [1.54, 1.807) is 13.0 Å². The summed E-state index contributed by atoms with van der Waals surface area (Å²) in [5, 5.41) is 15.5. The number of aryl methyl sites for hydroxylation is 2. The lowest BCUT2D eigenvalue weighted by Gasteiger charge is -2.11. The Balaban J connectivity index is 1.95. The summed E-state index contributed by atoms with van der Waals surface area (Å²) in [5.74, 6) is 1.31. The maximum atomic E-state index is 12.4. The quantitative estimate of drug-likeness (QED) is 0.582. The van der Waals surface area contributed by atoms with Crippen LogP contribution in [0.5, 0.6) is 0 Å². The number of carbonyl (C=O) groups excluding carboxylic acids is 1. The van der Waals surface area contributed by atoms with Gasteiger partial charge >= 0.3 is 0 Å². The van der Waals surface area contributed by atoms with E-state index in [9.17, 15) is 4.79 Å². The van der Waals surface area contributed by atoms with Gasteiger partial charge in [-0.3, -0.25) is 4.79 Å². The van der Waals surface area contributed by atoms with E-state index in [4.69, 9.17) is 9.52 Å². The fourth-order valence-electron chi connectivity index (χ4n) is 2.87. The summed E-state index contributed by atoms with van der Waals surface area (Å²) in [4.78, 5) is 12.4. The van der Waals surface area contributed by atoms with Crippen molar-refractivity contribution >= 4 is 5.91 Å². The summed E-state index contributed by atoms with van der Waals surface area (Å²) in [6.07, 6.45) is 1.87. The Hall–Kier alpha value is -3.22. The van der Waals surface area contributed by atoms with Crippen LogP contribution >= 0.6 is 0 Å². The van der Waals surface area contributed by atoms with Gasteiger partial charge in [-0.15, -0.1) is 10.2 Å². The Labute approximate surface area is 170 Å². The van der Waals surface area contributed by atoms with Gasteiger partial charge in [0, 0.05) is 24.7 Å². The molecule has 0 atom stereocenters. The molecule has 1 aromatic carbocycles. The largest absolute Gasteiger partial charge is 0.420 e. The first-order valence-corrected chi connectivity index (χ1v) is 9.76. The van der Waals surface area contributed by atoms with Gasteiger partial charge in [0.1, 0.15) is 5.69 Å². The zero-order valence-electron chi connectivity index (χ0n) is 17.4. The topological polar surface area (TPSA) is 85.8 Å². The number of nitrogens with zero attached hydrogens (tertiary/aromatic N) is 4. The summed E-state index contributed by atoms with van der Waals surface area (Å²) < 4.78 is 7.40. The van der Waals surface area contributed by atoms with Gasteiger partial charge in [-0.25, -0.2) is 4.68 Å². The number of carbonyl (C=O) groups is 1. The zero-order valence-corrected chi connectivity index (χ0v) is 17.4. The Bertz CT molecular complexity index is 1020. The van der Waals surface area contributed by atoms with Crippen molar-refractivity contribution in [2.45, 2.75) is 40.5 Å². The third-order valence-corrected chi connectivity index (χ3v) is 4.41. The van der Waals surface area contributed by atoms with Crippen molar-refractivity contribution in [3.05, 3.63) is 59.6 Å². The number of rotatable bonds is 8. The van der Waals surface area contributed by atoms with E-state index < -0.39 is 0 Å². The molecule has 0 radical (unpaired) electrons. The van der Waals surface area contributed by atoms with E-state index in [1.165, 1.54) is 0 Å². The van der Waals surface area contributed by atoms with Gasteiger partial charge in [-0.1, -0.05) is 32.1 Å². The highest BCUT2D eigenvalue weighted by molar-refractivity contribution is 5.94. The minimum atomic E-state index is -0.140. The van der Waals surface area contributed by atoms with Gasteiger partial charge in [0.2, 0.25) is 5.89 Å². The second-order valence-electron chi connectivity index (χ2n) is 7.68. The van der Waals surface area contributed by atoms with Crippen LogP contribution in [0.2, 0.25) is 0 Å². The van der Waals surface area contributed by atoms with Crippen molar-refractivity contribution in [1.82, 2.24) is 25.3 Å². The highest BCUT2D eigenvalue weighted by Crippen LogP contribution is 2.23. The molecule has 0 aliphatic rings. The normalized spacial score (nSPS) is 11.1. The van der Waals surface area contributed by atoms with Gasteiger partial charge < -0.3 is 9.73 Å². The van der Waals surface area contributed by atoms with E-state index in [0.29, 0.717) is 35.5 Å². The molecule has 152 valence electrons. The highest BCUT2D eigenvalue weighted by Gasteiger charge is 2.17.